The van der Waals surface area contributed by atoms with E-state index in [4.69, 9.17) is 4.74 Å². The molecule has 2 rings (SSSR count). The van der Waals surface area contributed by atoms with E-state index in [-0.39, 0.29) is 23.2 Å². The molecule has 1 heterocycles. The number of benzene rings is 1. The summed E-state index contributed by atoms with van der Waals surface area (Å²) in [6, 6.07) is 3.51. The van der Waals surface area contributed by atoms with Gasteiger partial charge in [-0.1, -0.05) is 13.8 Å². The van der Waals surface area contributed by atoms with E-state index in [9.17, 15) is 9.90 Å². The second-order valence-corrected chi connectivity index (χ2v) is 6.94. The summed E-state index contributed by atoms with van der Waals surface area (Å²) in [6.45, 7) is 9.30. The Kier molecular flexibility index (Phi) is 4.81. The van der Waals surface area contributed by atoms with Crippen molar-refractivity contribution >= 4 is 5.91 Å². The fraction of sp³-hybridized carbons (Fsp3) is 0.611. The summed E-state index contributed by atoms with van der Waals surface area (Å²) < 4.78 is 5.77. The van der Waals surface area contributed by atoms with E-state index < -0.39 is 0 Å². The molecule has 1 atom stereocenters. The molecule has 1 aliphatic heterocycles. The lowest BCUT2D eigenvalue weighted by molar-refractivity contribution is -0.00179. The van der Waals surface area contributed by atoms with Crippen LogP contribution in [0.15, 0.2) is 12.1 Å². The molecular formula is C18H27NO3. The smallest absolute Gasteiger partial charge is 0.253 e. The molecule has 0 aliphatic carbocycles. The third-order valence-electron chi connectivity index (χ3n) is 4.44. The highest BCUT2D eigenvalue weighted by atomic mass is 16.5. The number of nitrogens with zero attached hydrogens (tertiary/aromatic N) is 1. The molecule has 1 unspecified atom stereocenters. The summed E-state index contributed by atoms with van der Waals surface area (Å²) in [5, 5.41) is 10.0. The van der Waals surface area contributed by atoms with Crippen molar-refractivity contribution in [1.82, 2.24) is 4.90 Å². The van der Waals surface area contributed by atoms with Gasteiger partial charge in [0.05, 0.1) is 5.60 Å². The molecule has 0 spiro atoms. The van der Waals surface area contributed by atoms with Crippen LogP contribution in [0.2, 0.25) is 0 Å². The quantitative estimate of drug-likeness (QED) is 0.926. The van der Waals surface area contributed by atoms with Crippen molar-refractivity contribution in [3.05, 3.63) is 28.8 Å². The van der Waals surface area contributed by atoms with Gasteiger partial charge < -0.3 is 14.7 Å². The number of hydrogen-bond donors (Lipinski definition) is 1. The number of aryl methyl sites for hydroxylation is 1. The van der Waals surface area contributed by atoms with Crippen molar-refractivity contribution in [2.75, 3.05) is 20.2 Å². The normalized spacial score (nSPS) is 21.4. The van der Waals surface area contributed by atoms with Crippen molar-refractivity contribution in [2.24, 2.45) is 0 Å². The molecule has 0 bridgehead atoms. The molecule has 0 saturated carbocycles. The van der Waals surface area contributed by atoms with Gasteiger partial charge in [0.15, 0.2) is 0 Å². The Morgan fingerprint density at radius 2 is 2.14 bits per heavy atom. The van der Waals surface area contributed by atoms with Crippen LogP contribution in [0.5, 0.6) is 5.75 Å². The molecule has 1 aromatic rings. The van der Waals surface area contributed by atoms with Gasteiger partial charge in [0.1, 0.15) is 5.75 Å². The predicted molar refractivity (Wildman–Crippen MR) is 87.5 cm³/mol. The Morgan fingerprint density at radius 3 is 2.68 bits per heavy atom. The molecule has 1 aliphatic rings. The molecular weight excluding hydrogens is 278 g/mol. The average molecular weight is 305 g/mol. The topological polar surface area (TPSA) is 49.8 Å². The number of rotatable bonds is 4. The van der Waals surface area contributed by atoms with Crippen LogP contribution in [0.25, 0.3) is 0 Å². The van der Waals surface area contributed by atoms with Gasteiger partial charge in [0.25, 0.3) is 5.91 Å². The van der Waals surface area contributed by atoms with Gasteiger partial charge in [-0.2, -0.15) is 0 Å². The lowest BCUT2D eigenvalue weighted by Gasteiger charge is -2.30. The molecule has 4 nitrogen and oxygen atoms in total. The van der Waals surface area contributed by atoms with Crippen LogP contribution in [0.1, 0.15) is 61.0 Å². The van der Waals surface area contributed by atoms with Crippen molar-refractivity contribution in [3.8, 4) is 5.75 Å². The van der Waals surface area contributed by atoms with Crippen LogP contribution in [-0.4, -0.2) is 41.7 Å². The summed E-state index contributed by atoms with van der Waals surface area (Å²) in [5.74, 6) is 0.419. The lowest BCUT2D eigenvalue weighted by atomic mass is 9.95. The minimum Gasteiger partial charge on any atom is -0.508 e. The van der Waals surface area contributed by atoms with Crippen molar-refractivity contribution in [3.63, 3.8) is 0 Å². The maximum Gasteiger partial charge on any atom is 0.253 e. The molecule has 122 valence electrons. The lowest BCUT2D eigenvalue weighted by Crippen LogP contribution is -2.41. The highest BCUT2D eigenvalue weighted by Gasteiger charge is 2.32. The Balaban J connectivity index is 2.23. The Labute approximate surface area is 133 Å². The number of likely N-dealkylation sites (N-methyl/N-ethyl adjacent to an activating group) is 1. The van der Waals surface area contributed by atoms with Crippen LogP contribution in [0.3, 0.4) is 0 Å². The zero-order chi connectivity index (χ0) is 16.5. The Bertz CT molecular complexity index is 560. The van der Waals surface area contributed by atoms with Crippen molar-refractivity contribution in [2.45, 2.75) is 52.1 Å². The van der Waals surface area contributed by atoms with E-state index >= 15 is 0 Å². The first-order valence-corrected chi connectivity index (χ1v) is 7.96. The number of phenols is 1. The third-order valence-corrected chi connectivity index (χ3v) is 4.44. The number of hydrogen-bond acceptors (Lipinski definition) is 3. The number of aromatic hydroxyl groups is 1. The summed E-state index contributed by atoms with van der Waals surface area (Å²) >= 11 is 0. The molecule has 1 amide bonds. The summed E-state index contributed by atoms with van der Waals surface area (Å²) in [5.41, 5.74) is 2.03. The number of phenolic OH excluding ortho intramolecular Hbond substituents is 1. The monoisotopic (exact) mass is 305 g/mol. The summed E-state index contributed by atoms with van der Waals surface area (Å²) in [4.78, 5) is 14.5. The standard InChI is InChI=1S/C18H27NO3/c1-12(2)14-10-15(13(3)9-16(14)20)17(21)19(5)11-18(4)7-6-8-22-18/h9-10,12,20H,6-8,11H2,1-5H3. The van der Waals surface area contributed by atoms with Gasteiger partial charge in [0, 0.05) is 25.8 Å². The van der Waals surface area contributed by atoms with E-state index in [1.807, 2.05) is 33.9 Å². The van der Waals surface area contributed by atoms with Crippen molar-refractivity contribution < 1.29 is 14.6 Å². The van der Waals surface area contributed by atoms with Gasteiger partial charge in [0.2, 0.25) is 0 Å². The highest BCUT2D eigenvalue weighted by molar-refractivity contribution is 5.96. The van der Waals surface area contributed by atoms with E-state index in [0.717, 1.165) is 30.6 Å². The maximum atomic E-state index is 12.8. The van der Waals surface area contributed by atoms with Gasteiger partial charge in [-0.3, -0.25) is 4.79 Å². The second-order valence-electron chi connectivity index (χ2n) is 6.94. The zero-order valence-electron chi connectivity index (χ0n) is 14.3. The molecule has 4 heteroatoms. The Hall–Kier alpha value is -1.55. The molecule has 1 saturated heterocycles. The van der Waals surface area contributed by atoms with Gasteiger partial charge in [-0.15, -0.1) is 0 Å². The predicted octanol–water partition coefficient (Wildman–Crippen LogP) is 3.47. The van der Waals surface area contributed by atoms with Crippen LogP contribution >= 0.6 is 0 Å². The second kappa shape index (κ2) is 6.29. The largest absolute Gasteiger partial charge is 0.508 e. The van der Waals surface area contributed by atoms with Gasteiger partial charge >= 0.3 is 0 Å². The molecule has 1 aromatic carbocycles. The summed E-state index contributed by atoms with van der Waals surface area (Å²) in [7, 11) is 1.82. The molecule has 0 radical (unpaired) electrons. The fourth-order valence-electron chi connectivity index (χ4n) is 3.14. The van der Waals surface area contributed by atoms with E-state index in [2.05, 4.69) is 6.92 Å². The minimum atomic E-state index is -0.240. The highest BCUT2D eigenvalue weighted by Crippen LogP contribution is 2.30. The molecule has 1 N–H and O–H groups in total. The molecule has 22 heavy (non-hydrogen) atoms. The number of ether oxygens (including phenoxy) is 1. The van der Waals surface area contributed by atoms with Gasteiger partial charge in [-0.25, -0.2) is 0 Å². The number of carbonyl (C=O) groups is 1. The number of carbonyl (C=O) groups excluding carboxylic acids is 1. The Morgan fingerprint density at radius 1 is 1.45 bits per heavy atom. The van der Waals surface area contributed by atoms with Crippen LogP contribution < -0.4 is 0 Å². The molecule has 1 fully saturated rings. The van der Waals surface area contributed by atoms with Crippen LogP contribution in [-0.2, 0) is 4.74 Å². The third kappa shape index (κ3) is 3.43. The van der Waals surface area contributed by atoms with Crippen LogP contribution in [0.4, 0.5) is 0 Å². The summed E-state index contributed by atoms with van der Waals surface area (Å²) in [6.07, 6.45) is 2.03. The van der Waals surface area contributed by atoms with Crippen molar-refractivity contribution in [1.29, 1.82) is 0 Å². The SMILES string of the molecule is Cc1cc(O)c(C(C)C)cc1C(=O)N(C)CC1(C)CCCO1. The average Bonchev–Trinajstić information content (AvgIpc) is 2.84. The van der Waals surface area contributed by atoms with E-state index in [1.165, 1.54) is 0 Å². The minimum absolute atomic E-state index is 0.0175. The van der Waals surface area contributed by atoms with E-state index in [1.54, 1.807) is 11.0 Å². The first kappa shape index (κ1) is 16.8. The first-order chi connectivity index (χ1) is 10.2. The van der Waals surface area contributed by atoms with E-state index in [0.29, 0.717) is 12.1 Å². The molecule has 0 aromatic heterocycles. The maximum absolute atomic E-state index is 12.8. The van der Waals surface area contributed by atoms with Gasteiger partial charge in [-0.05, 0) is 55.9 Å². The zero-order valence-corrected chi connectivity index (χ0v) is 14.3. The van der Waals surface area contributed by atoms with Crippen LogP contribution in [0, 0.1) is 6.92 Å². The number of amides is 1. The fourth-order valence-corrected chi connectivity index (χ4v) is 3.14. The first-order valence-electron chi connectivity index (χ1n) is 7.96.